The fourth-order valence-corrected chi connectivity index (χ4v) is 3.90. The van der Waals surface area contributed by atoms with E-state index in [1.165, 1.54) is 4.68 Å². The summed E-state index contributed by atoms with van der Waals surface area (Å²) in [5.74, 6) is 0.491. The number of para-hydroxylation sites is 1. The first-order valence-electron chi connectivity index (χ1n) is 8.42. The van der Waals surface area contributed by atoms with Crippen molar-refractivity contribution in [2.75, 3.05) is 5.32 Å². The number of carbonyl (C=O) groups excluding carboxylic acids is 1. The highest BCUT2D eigenvalue weighted by Crippen LogP contribution is 2.24. The summed E-state index contributed by atoms with van der Waals surface area (Å²) >= 11 is 1.59. The lowest BCUT2D eigenvalue weighted by molar-refractivity contribution is -0.117. The summed E-state index contributed by atoms with van der Waals surface area (Å²) in [5.41, 5.74) is 3.00. The van der Waals surface area contributed by atoms with Crippen molar-refractivity contribution in [2.24, 2.45) is 0 Å². The molecule has 0 aliphatic rings. The Bertz CT molecular complexity index is 1190. The zero-order valence-electron chi connectivity index (χ0n) is 14.5. The summed E-state index contributed by atoms with van der Waals surface area (Å²) in [6, 6.07) is 11.4. The lowest BCUT2D eigenvalue weighted by atomic mass is 10.2. The highest BCUT2D eigenvalue weighted by atomic mass is 32.1. The molecule has 0 aliphatic heterocycles. The Morgan fingerprint density at radius 2 is 2.04 bits per heavy atom. The van der Waals surface area contributed by atoms with Crippen LogP contribution in [0.5, 0.6) is 0 Å². The topological polar surface area (TPSA) is 68.4 Å². The third-order valence-electron chi connectivity index (χ3n) is 4.40. The summed E-state index contributed by atoms with van der Waals surface area (Å²) in [6.07, 6.45) is 0.663. The lowest BCUT2D eigenvalue weighted by Gasteiger charge is -2.11. The van der Waals surface area contributed by atoms with Gasteiger partial charge >= 0.3 is 0 Å². The van der Waals surface area contributed by atoms with E-state index in [-0.39, 0.29) is 18.0 Å². The Morgan fingerprint density at radius 1 is 1.23 bits per heavy atom. The molecule has 0 radical (unpaired) electrons. The van der Waals surface area contributed by atoms with E-state index in [0.717, 1.165) is 27.3 Å². The second kappa shape index (κ2) is 6.42. The molecule has 6 nitrogen and oxygen atoms in total. The van der Waals surface area contributed by atoms with Gasteiger partial charge in [0.05, 0.1) is 10.2 Å². The van der Waals surface area contributed by atoms with Gasteiger partial charge < -0.3 is 5.32 Å². The van der Waals surface area contributed by atoms with Crippen molar-refractivity contribution < 1.29 is 4.79 Å². The molecule has 0 bridgehead atoms. The molecule has 0 spiro atoms. The van der Waals surface area contributed by atoms with E-state index >= 15 is 0 Å². The van der Waals surface area contributed by atoms with Gasteiger partial charge in [-0.2, -0.15) is 5.10 Å². The van der Waals surface area contributed by atoms with E-state index in [1.54, 1.807) is 11.3 Å². The number of rotatable bonds is 4. The van der Waals surface area contributed by atoms with E-state index < -0.39 is 0 Å². The van der Waals surface area contributed by atoms with E-state index in [9.17, 15) is 9.59 Å². The fraction of sp³-hybridized carbons (Fsp3) is 0.211. The SMILES string of the molecule is CCc1nn(CC(=O)Nc2ccccc2C)c(=O)c2cc3sccc3n12. The molecule has 1 amide bonds. The molecule has 0 aliphatic carbocycles. The highest BCUT2D eigenvalue weighted by molar-refractivity contribution is 7.17. The molecule has 3 heterocycles. The molecule has 7 heteroatoms. The van der Waals surface area contributed by atoms with Crippen LogP contribution in [0.3, 0.4) is 0 Å². The first kappa shape index (κ1) is 16.5. The number of thiophene rings is 1. The lowest BCUT2D eigenvalue weighted by Crippen LogP contribution is -2.32. The van der Waals surface area contributed by atoms with Gasteiger partial charge in [0, 0.05) is 12.1 Å². The summed E-state index contributed by atoms with van der Waals surface area (Å²) in [4.78, 5) is 25.3. The van der Waals surface area contributed by atoms with Gasteiger partial charge in [0.25, 0.3) is 5.56 Å². The number of fused-ring (bicyclic) bond motifs is 3. The van der Waals surface area contributed by atoms with Gasteiger partial charge in [0.15, 0.2) is 0 Å². The van der Waals surface area contributed by atoms with Crippen molar-refractivity contribution in [3.63, 3.8) is 0 Å². The number of carbonyl (C=O) groups is 1. The molecule has 132 valence electrons. The molecule has 26 heavy (non-hydrogen) atoms. The zero-order chi connectivity index (χ0) is 18.3. The molecule has 4 aromatic rings. The second-order valence-electron chi connectivity index (χ2n) is 6.13. The van der Waals surface area contributed by atoms with Crippen LogP contribution in [0.2, 0.25) is 0 Å². The summed E-state index contributed by atoms with van der Waals surface area (Å²) in [6.45, 7) is 3.80. The first-order chi connectivity index (χ1) is 12.6. The van der Waals surface area contributed by atoms with Crippen molar-refractivity contribution in [1.29, 1.82) is 0 Å². The Balaban J connectivity index is 1.72. The van der Waals surface area contributed by atoms with Crippen LogP contribution in [0.1, 0.15) is 18.3 Å². The van der Waals surface area contributed by atoms with Crippen molar-refractivity contribution >= 4 is 38.7 Å². The van der Waals surface area contributed by atoms with Crippen molar-refractivity contribution in [3.8, 4) is 0 Å². The monoisotopic (exact) mass is 366 g/mol. The van der Waals surface area contributed by atoms with Gasteiger partial charge in [-0.1, -0.05) is 25.1 Å². The minimum absolute atomic E-state index is 0.116. The van der Waals surface area contributed by atoms with Crippen molar-refractivity contribution in [2.45, 2.75) is 26.8 Å². The van der Waals surface area contributed by atoms with Crippen LogP contribution < -0.4 is 10.9 Å². The number of hydrogen-bond acceptors (Lipinski definition) is 4. The van der Waals surface area contributed by atoms with Crippen LogP contribution in [0.15, 0.2) is 46.6 Å². The van der Waals surface area contributed by atoms with Gasteiger partial charge in [-0.25, -0.2) is 4.68 Å². The Kier molecular flexibility index (Phi) is 4.08. The van der Waals surface area contributed by atoms with Crippen LogP contribution in [0.25, 0.3) is 15.7 Å². The van der Waals surface area contributed by atoms with Crippen LogP contribution in [-0.2, 0) is 17.8 Å². The number of hydrogen-bond donors (Lipinski definition) is 1. The van der Waals surface area contributed by atoms with Crippen LogP contribution in [0.4, 0.5) is 5.69 Å². The smallest absolute Gasteiger partial charge is 0.291 e. The quantitative estimate of drug-likeness (QED) is 0.603. The van der Waals surface area contributed by atoms with Crippen LogP contribution in [-0.4, -0.2) is 20.1 Å². The maximum Gasteiger partial charge on any atom is 0.291 e. The summed E-state index contributed by atoms with van der Waals surface area (Å²) in [5, 5.41) is 9.28. The fourth-order valence-electron chi connectivity index (χ4n) is 3.10. The van der Waals surface area contributed by atoms with E-state index in [2.05, 4.69) is 10.4 Å². The number of aryl methyl sites for hydroxylation is 2. The van der Waals surface area contributed by atoms with Crippen molar-refractivity contribution in [1.82, 2.24) is 14.2 Å². The molecular weight excluding hydrogens is 348 g/mol. The maximum atomic E-state index is 12.8. The number of benzene rings is 1. The van der Waals surface area contributed by atoms with E-state index in [0.29, 0.717) is 11.9 Å². The van der Waals surface area contributed by atoms with Crippen LogP contribution >= 0.6 is 11.3 Å². The Hall–Kier alpha value is -2.93. The molecule has 3 aromatic heterocycles. The predicted octanol–water partition coefficient (Wildman–Crippen LogP) is 3.22. The highest BCUT2D eigenvalue weighted by Gasteiger charge is 2.16. The summed E-state index contributed by atoms with van der Waals surface area (Å²) < 4.78 is 4.19. The average molecular weight is 366 g/mol. The summed E-state index contributed by atoms with van der Waals surface area (Å²) in [7, 11) is 0. The third kappa shape index (κ3) is 2.70. The minimum atomic E-state index is -0.270. The standard InChI is InChI=1S/C19H18N4O2S/c1-3-17-21-22(11-18(24)20-13-7-5-4-6-12(13)2)19(25)15-10-16-14(23(15)17)8-9-26-16/h4-10H,3,11H2,1-2H3,(H,20,24). The largest absolute Gasteiger partial charge is 0.324 e. The van der Waals surface area contributed by atoms with E-state index in [1.807, 2.05) is 60.0 Å². The molecule has 0 fully saturated rings. The van der Waals surface area contributed by atoms with Gasteiger partial charge in [0.1, 0.15) is 17.9 Å². The van der Waals surface area contributed by atoms with Gasteiger partial charge in [-0.15, -0.1) is 11.3 Å². The second-order valence-corrected chi connectivity index (χ2v) is 7.08. The molecule has 0 unspecified atom stereocenters. The Labute approximate surface area is 153 Å². The third-order valence-corrected chi connectivity index (χ3v) is 5.25. The van der Waals surface area contributed by atoms with Crippen LogP contribution in [0, 0.1) is 6.92 Å². The number of nitrogens with one attached hydrogen (secondary N) is 1. The number of nitrogens with zero attached hydrogens (tertiary/aromatic N) is 3. The van der Waals surface area contributed by atoms with E-state index in [4.69, 9.17) is 0 Å². The molecule has 1 aromatic carbocycles. The van der Waals surface area contributed by atoms with Gasteiger partial charge in [0.2, 0.25) is 5.91 Å². The average Bonchev–Trinajstić information content (AvgIpc) is 3.21. The Morgan fingerprint density at radius 3 is 2.81 bits per heavy atom. The van der Waals surface area contributed by atoms with Gasteiger partial charge in [-0.05, 0) is 36.1 Å². The number of amides is 1. The first-order valence-corrected chi connectivity index (χ1v) is 9.30. The molecule has 0 saturated heterocycles. The minimum Gasteiger partial charge on any atom is -0.324 e. The zero-order valence-corrected chi connectivity index (χ0v) is 15.3. The molecule has 4 rings (SSSR count). The van der Waals surface area contributed by atoms with Crippen molar-refractivity contribution in [3.05, 3.63) is 63.5 Å². The number of anilines is 1. The normalized spacial score (nSPS) is 11.3. The molecule has 1 N–H and O–H groups in total. The molecular formula is C19H18N4O2S. The molecule has 0 saturated carbocycles. The molecule has 0 atom stereocenters. The number of aromatic nitrogens is 3. The van der Waals surface area contributed by atoms with Gasteiger partial charge in [-0.3, -0.25) is 14.0 Å². The predicted molar refractivity (Wildman–Crippen MR) is 104 cm³/mol. The maximum absolute atomic E-state index is 12.8.